The Morgan fingerprint density at radius 1 is 1.12 bits per heavy atom. The Hall–Kier alpha value is -4.71. The van der Waals surface area contributed by atoms with Gasteiger partial charge in [-0.15, -0.1) is 0 Å². The van der Waals surface area contributed by atoms with Crippen LogP contribution in [0.2, 0.25) is 0 Å². The molecule has 0 aliphatic carbocycles. The summed E-state index contributed by atoms with van der Waals surface area (Å²) in [5, 5.41) is 22.0. The zero-order chi connectivity index (χ0) is 35.1. The standard InChI is InChI=1S/C30H25F4N4O10P/c31-18-4-1-16(2-5-18)20-7-6-19(14-21(20)32)46-24-13-17(3-8-22(24)38(41)42)23-10-12-44-49(43,48-23)45-15-25-27(39)30(33,34)28(47-25)37-11-9-26(35)36-29(37)40/h1-9,11,13-14,23,25,27-28,39H,10,12,15H2,(H2,35,36,40). The van der Waals surface area contributed by atoms with Crippen LogP contribution in [0.5, 0.6) is 11.5 Å². The lowest BCUT2D eigenvalue weighted by Gasteiger charge is -2.30. The predicted octanol–water partition coefficient (Wildman–Crippen LogP) is 5.67. The van der Waals surface area contributed by atoms with Crippen molar-refractivity contribution < 1.29 is 55.2 Å². The first-order valence-electron chi connectivity index (χ1n) is 14.4. The van der Waals surface area contributed by atoms with Gasteiger partial charge in [0.2, 0.25) is 12.0 Å². The summed E-state index contributed by atoms with van der Waals surface area (Å²) in [4.78, 5) is 26.5. The Balaban J connectivity index is 1.17. The number of nitrogen functional groups attached to an aromatic ring is 1. The molecule has 0 radical (unpaired) electrons. The molecule has 0 amide bonds. The zero-order valence-corrected chi connectivity index (χ0v) is 25.8. The van der Waals surface area contributed by atoms with Crippen molar-refractivity contribution in [3.63, 3.8) is 0 Å². The number of nitro groups is 1. The smallest absolute Gasteiger partial charge is 0.450 e. The number of benzene rings is 3. The summed E-state index contributed by atoms with van der Waals surface area (Å²) in [6.45, 7) is -1.13. The molecule has 1 aromatic heterocycles. The van der Waals surface area contributed by atoms with Crippen molar-refractivity contribution in [2.24, 2.45) is 0 Å². The number of phosphoric ester groups is 1. The molecular formula is C30H25F4N4O10P. The van der Waals surface area contributed by atoms with Crippen molar-refractivity contribution in [1.29, 1.82) is 0 Å². The van der Waals surface area contributed by atoms with E-state index in [1.54, 1.807) is 0 Å². The number of aromatic nitrogens is 2. The molecule has 3 aromatic carbocycles. The van der Waals surface area contributed by atoms with Gasteiger partial charge in [0.1, 0.15) is 29.3 Å². The first-order valence-corrected chi connectivity index (χ1v) is 15.9. The average molecular weight is 709 g/mol. The van der Waals surface area contributed by atoms with E-state index in [9.17, 15) is 42.1 Å². The number of alkyl halides is 2. The van der Waals surface area contributed by atoms with Crippen molar-refractivity contribution in [3.8, 4) is 22.6 Å². The van der Waals surface area contributed by atoms with Crippen LogP contribution in [0.15, 0.2) is 77.7 Å². The van der Waals surface area contributed by atoms with Gasteiger partial charge < -0.3 is 20.3 Å². The molecular weight excluding hydrogens is 683 g/mol. The molecule has 14 nitrogen and oxygen atoms in total. The van der Waals surface area contributed by atoms with Crippen LogP contribution < -0.4 is 16.2 Å². The second-order valence-electron chi connectivity index (χ2n) is 10.9. The van der Waals surface area contributed by atoms with E-state index < -0.39 is 72.8 Å². The minimum atomic E-state index is -4.50. The minimum absolute atomic E-state index is 0.0708. The monoisotopic (exact) mass is 708 g/mol. The minimum Gasteiger partial charge on any atom is -0.450 e. The number of aliphatic hydroxyl groups is 1. The second-order valence-corrected chi connectivity index (χ2v) is 12.5. The summed E-state index contributed by atoms with van der Waals surface area (Å²) in [5.41, 5.74) is 4.49. The molecule has 3 heterocycles. The van der Waals surface area contributed by atoms with Gasteiger partial charge in [-0.1, -0.05) is 12.1 Å². The molecule has 2 fully saturated rings. The number of nitrogens with zero attached hydrogens (tertiary/aromatic N) is 3. The number of hydrogen-bond acceptors (Lipinski definition) is 12. The highest BCUT2D eigenvalue weighted by molar-refractivity contribution is 7.48. The summed E-state index contributed by atoms with van der Waals surface area (Å²) in [6, 6.07) is 13.5. The molecule has 19 heteroatoms. The van der Waals surface area contributed by atoms with Gasteiger partial charge in [-0.3, -0.25) is 28.3 Å². The molecule has 6 rings (SSSR count). The second kappa shape index (κ2) is 13.3. The van der Waals surface area contributed by atoms with E-state index >= 15 is 0 Å². The van der Waals surface area contributed by atoms with Crippen LogP contribution in [0, 0.1) is 21.7 Å². The number of phosphoric acid groups is 1. The fraction of sp³-hybridized carbons (Fsp3) is 0.267. The van der Waals surface area contributed by atoms with Gasteiger partial charge in [-0.05, 0) is 53.6 Å². The average Bonchev–Trinajstić information content (AvgIpc) is 3.28. The van der Waals surface area contributed by atoms with E-state index in [1.165, 1.54) is 48.5 Å². The Morgan fingerprint density at radius 2 is 1.88 bits per heavy atom. The maximum Gasteiger partial charge on any atom is 0.475 e. The lowest BCUT2D eigenvalue weighted by Crippen LogP contribution is -2.42. The third kappa shape index (κ3) is 7.05. The van der Waals surface area contributed by atoms with Crippen molar-refractivity contribution in [3.05, 3.63) is 111 Å². The van der Waals surface area contributed by atoms with Crippen molar-refractivity contribution in [1.82, 2.24) is 9.55 Å². The fourth-order valence-electron chi connectivity index (χ4n) is 5.19. The number of halogens is 4. The highest BCUT2D eigenvalue weighted by atomic mass is 31.2. The molecule has 2 aliphatic rings. The van der Waals surface area contributed by atoms with E-state index in [0.717, 1.165) is 24.4 Å². The summed E-state index contributed by atoms with van der Waals surface area (Å²) < 4.78 is 98.7. The van der Waals surface area contributed by atoms with Gasteiger partial charge in [0.15, 0.2) is 6.10 Å². The molecule has 0 bridgehead atoms. The van der Waals surface area contributed by atoms with Gasteiger partial charge in [0, 0.05) is 30.3 Å². The number of nitro benzene ring substituents is 1. The maximum atomic E-state index is 15.0. The van der Waals surface area contributed by atoms with Crippen molar-refractivity contribution >= 4 is 19.3 Å². The van der Waals surface area contributed by atoms with Crippen LogP contribution in [0.1, 0.15) is 24.3 Å². The van der Waals surface area contributed by atoms with E-state index in [1.807, 2.05) is 0 Å². The van der Waals surface area contributed by atoms with Crippen LogP contribution >= 0.6 is 7.82 Å². The van der Waals surface area contributed by atoms with E-state index in [0.29, 0.717) is 10.1 Å². The first-order chi connectivity index (χ1) is 23.2. The topological polar surface area (TPSA) is 187 Å². The van der Waals surface area contributed by atoms with E-state index in [-0.39, 0.29) is 41.5 Å². The van der Waals surface area contributed by atoms with Crippen LogP contribution in [-0.2, 0) is 22.9 Å². The SMILES string of the molecule is Nc1ccn(C2OC(COP3(=O)OCCC(c4ccc([N+](=O)[O-])c(Oc5ccc(-c6ccc(F)cc6)c(F)c5)c4)O3)C(O)C2(F)F)c(=O)n1. The Labute approximate surface area is 273 Å². The predicted molar refractivity (Wildman–Crippen MR) is 161 cm³/mol. The number of anilines is 1. The third-order valence-corrected chi connectivity index (χ3v) is 9.12. The molecule has 49 heavy (non-hydrogen) atoms. The molecule has 2 aliphatic heterocycles. The quantitative estimate of drug-likeness (QED) is 0.0941. The number of ether oxygens (including phenoxy) is 2. The Bertz CT molecular complexity index is 2000. The summed E-state index contributed by atoms with van der Waals surface area (Å²) in [7, 11) is -4.50. The lowest BCUT2D eigenvalue weighted by atomic mass is 10.0. The highest BCUT2D eigenvalue weighted by Gasteiger charge is 2.60. The van der Waals surface area contributed by atoms with Crippen LogP contribution in [0.4, 0.5) is 29.1 Å². The maximum absolute atomic E-state index is 15.0. The summed E-state index contributed by atoms with van der Waals surface area (Å²) in [5.74, 6) is -5.88. The molecule has 0 saturated carbocycles. The third-order valence-electron chi connectivity index (χ3n) is 7.64. The first kappa shape index (κ1) is 34.2. The highest BCUT2D eigenvalue weighted by Crippen LogP contribution is 2.58. The van der Waals surface area contributed by atoms with Gasteiger partial charge in [0.05, 0.1) is 24.2 Å². The van der Waals surface area contributed by atoms with Crippen LogP contribution in [-0.4, -0.2) is 50.9 Å². The Kier molecular flexibility index (Phi) is 9.27. The number of aliphatic hydroxyl groups excluding tert-OH is 1. The molecule has 5 atom stereocenters. The largest absolute Gasteiger partial charge is 0.475 e. The molecule has 2 saturated heterocycles. The fourth-order valence-corrected chi connectivity index (χ4v) is 6.59. The van der Waals surface area contributed by atoms with E-state index in [2.05, 4.69) is 4.98 Å². The molecule has 258 valence electrons. The molecule has 4 aromatic rings. The normalized spacial score (nSPS) is 24.8. The Morgan fingerprint density at radius 3 is 2.57 bits per heavy atom. The number of nitrogens with two attached hydrogens (primary N) is 1. The van der Waals surface area contributed by atoms with Crippen LogP contribution in [0.3, 0.4) is 0 Å². The van der Waals surface area contributed by atoms with Gasteiger partial charge in [0.25, 0.3) is 0 Å². The van der Waals surface area contributed by atoms with Crippen LogP contribution in [0.25, 0.3) is 11.1 Å². The number of hydrogen-bond donors (Lipinski definition) is 2. The lowest BCUT2D eigenvalue weighted by molar-refractivity contribution is -0.385. The molecule has 5 unspecified atom stereocenters. The van der Waals surface area contributed by atoms with Gasteiger partial charge in [-0.2, -0.15) is 13.8 Å². The summed E-state index contributed by atoms with van der Waals surface area (Å²) >= 11 is 0. The zero-order valence-electron chi connectivity index (χ0n) is 24.9. The number of rotatable bonds is 9. The summed E-state index contributed by atoms with van der Waals surface area (Å²) in [6.07, 6.45) is -6.66. The van der Waals surface area contributed by atoms with Crippen molar-refractivity contribution in [2.45, 2.75) is 36.9 Å². The van der Waals surface area contributed by atoms with Crippen molar-refractivity contribution in [2.75, 3.05) is 18.9 Å². The van der Waals surface area contributed by atoms with E-state index in [4.69, 9.17) is 28.8 Å². The van der Waals surface area contributed by atoms with Gasteiger partial charge >= 0.3 is 25.1 Å². The van der Waals surface area contributed by atoms with Gasteiger partial charge in [-0.25, -0.2) is 18.1 Å². The molecule has 0 spiro atoms. The molecule has 3 N–H and O–H groups in total.